The Bertz CT molecular complexity index is 1510. The van der Waals surface area contributed by atoms with E-state index in [0.717, 1.165) is 48.9 Å². The highest BCUT2D eigenvalue weighted by Crippen LogP contribution is 2.25. The Morgan fingerprint density at radius 3 is 2.42 bits per heavy atom. The van der Waals surface area contributed by atoms with Crippen molar-refractivity contribution >= 4 is 17.5 Å². The normalized spacial score (nSPS) is 14.7. The van der Waals surface area contributed by atoms with Crippen LogP contribution in [0.1, 0.15) is 56.5 Å². The lowest BCUT2D eigenvalue weighted by molar-refractivity contribution is 0.102. The quantitative estimate of drug-likeness (QED) is 0.390. The number of carbonyl (C=O) groups excluding carboxylic acids is 1. The summed E-state index contributed by atoms with van der Waals surface area (Å²) in [6.45, 7) is 16.5. The van der Waals surface area contributed by atoms with E-state index in [-0.39, 0.29) is 11.3 Å². The molecular formula is C28H37N11O. The van der Waals surface area contributed by atoms with E-state index in [2.05, 4.69) is 65.5 Å². The molecule has 4 aromatic heterocycles. The van der Waals surface area contributed by atoms with E-state index in [0.29, 0.717) is 28.9 Å². The van der Waals surface area contributed by atoms with Crippen molar-refractivity contribution < 1.29 is 4.79 Å². The van der Waals surface area contributed by atoms with Gasteiger partial charge in [-0.05, 0) is 32.9 Å². The van der Waals surface area contributed by atoms with Crippen molar-refractivity contribution in [1.82, 2.24) is 44.6 Å². The maximum atomic E-state index is 13.1. The molecule has 1 N–H and O–H groups in total. The summed E-state index contributed by atoms with van der Waals surface area (Å²) in [7, 11) is 1.83. The minimum Gasteiger partial charge on any atom is -0.368 e. The number of rotatable bonds is 6. The number of amides is 1. The van der Waals surface area contributed by atoms with Crippen LogP contribution in [0.4, 0.5) is 11.6 Å². The number of nitrogens with zero attached hydrogens (tertiary/aromatic N) is 10. The molecule has 1 aliphatic rings. The number of anilines is 2. The highest BCUT2D eigenvalue weighted by molar-refractivity contribution is 6.03. The number of pyridine rings is 2. The van der Waals surface area contributed by atoms with Crippen molar-refractivity contribution in [3.8, 4) is 16.9 Å². The van der Waals surface area contributed by atoms with Crippen LogP contribution in [0.25, 0.3) is 16.9 Å². The SMILES string of the molecule is Cc1ncc(C(=O)Nc2nnc(C(C)(C)C)n2C)cc1-n1cc(-c2cncc(N3CCN(C(C)C)CC3)c2)nn1. The summed E-state index contributed by atoms with van der Waals surface area (Å²) in [4.78, 5) is 26.9. The summed E-state index contributed by atoms with van der Waals surface area (Å²) >= 11 is 0. The van der Waals surface area contributed by atoms with E-state index >= 15 is 0 Å². The lowest BCUT2D eigenvalue weighted by Gasteiger charge is -2.38. The molecule has 12 heteroatoms. The van der Waals surface area contributed by atoms with Gasteiger partial charge < -0.3 is 4.90 Å². The van der Waals surface area contributed by atoms with Gasteiger partial charge in [0.15, 0.2) is 0 Å². The minimum absolute atomic E-state index is 0.202. The first-order valence-corrected chi connectivity index (χ1v) is 13.6. The smallest absolute Gasteiger partial charge is 0.259 e. The number of carbonyl (C=O) groups is 1. The van der Waals surface area contributed by atoms with Gasteiger partial charge in [-0.2, -0.15) is 0 Å². The summed E-state index contributed by atoms with van der Waals surface area (Å²) in [5.41, 5.74) is 4.20. The van der Waals surface area contributed by atoms with Gasteiger partial charge in [-0.25, -0.2) is 4.68 Å². The molecule has 0 bridgehead atoms. The van der Waals surface area contributed by atoms with Crippen LogP contribution >= 0.6 is 0 Å². The Morgan fingerprint density at radius 2 is 1.75 bits per heavy atom. The van der Waals surface area contributed by atoms with Gasteiger partial charge in [0, 0.05) is 62.6 Å². The van der Waals surface area contributed by atoms with Gasteiger partial charge >= 0.3 is 0 Å². The summed E-state index contributed by atoms with van der Waals surface area (Å²) in [5, 5.41) is 20.0. The first kappa shape index (κ1) is 27.4. The van der Waals surface area contributed by atoms with Crippen LogP contribution in [0.15, 0.2) is 36.9 Å². The van der Waals surface area contributed by atoms with Crippen LogP contribution in [0, 0.1) is 6.92 Å². The molecule has 0 aliphatic carbocycles. The van der Waals surface area contributed by atoms with Crippen molar-refractivity contribution in [1.29, 1.82) is 0 Å². The Balaban J connectivity index is 1.34. The fourth-order valence-electron chi connectivity index (χ4n) is 4.89. The maximum Gasteiger partial charge on any atom is 0.259 e. The predicted octanol–water partition coefficient (Wildman–Crippen LogP) is 3.24. The first-order chi connectivity index (χ1) is 19.0. The lowest BCUT2D eigenvalue weighted by Crippen LogP contribution is -2.48. The highest BCUT2D eigenvalue weighted by atomic mass is 16.1. The zero-order valence-corrected chi connectivity index (χ0v) is 24.3. The monoisotopic (exact) mass is 543 g/mol. The number of piperazine rings is 1. The molecule has 1 amide bonds. The molecule has 5 heterocycles. The molecule has 1 fully saturated rings. The largest absolute Gasteiger partial charge is 0.368 e. The van der Waals surface area contributed by atoms with Crippen LogP contribution in [0.2, 0.25) is 0 Å². The first-order valence-electron chi connectivity index (χ1n) is 13.6. The molecule has 12 nitrogen and oxygen atoms in total. The zero-order valence-electron chi connectivity index (χ0n) is 24.3. The van der Waals surface area contributed by atoms with Crippen molar-refractivity contribution in [2.45, 2.75) is 53.0 Å². The molecule has 4 aromatic rings. The molecule has 210 valence electrons. The summed E-state index contributed by atoms with van der Waals surface area (Å²) in [5.74, 6) is 0.814. The van der Waals surface area contributed by atoms with Crippen molar-refractivity contribution in [2.24, 2.45) is 7.05 Å². The Hall–Kier alpha value is -4.19. The molecule has 0 atom stereocenters. The van der Waals surface area contributed by atoms with Crippen molar-refractivity contribution in [2.75, 3.05) is 36.4 Å². The Morgan fingerprint density at radius 1 is 1.00 bits per heavy atom. The fourth-order valence-corrected chi connectivity index (χ4v) is 4.89. The van der Waals surface area contributed by atoms with Gasteiger partial charge in [-0.15, -0.1) is 15.3 Å². The summed E-state index contributed by atoms with van der Waals surface area (Å²) in [6, 6.07) is 4.41. The lowest BCUT2D eigenvalue weighted by atomic mass is 9.96. The van der Waals surface area contributed by atoms with Crippen LogP contribution in [0.5, 0.6) is 0 Å². The second-order valence-corrected chi connectivity index (χ2v) is 11.5. The molecule has 0 saturated carbocycles. The van der Waals surface area contributed by atoms with Crippen molar-refractivity contribution in [3.63, 3.8) is 0 Å². The van der Waals surface area contributed by atoms with Gasteiger partial charge in [-0.1, -0.05) is 26.0 Å². The third-order valence-electron chi connectivity index (χ3n) is 7.26. The Kier molecular flexibility index (Phi) is 7.37. The maximum absolute atomic E-state index is 13.1. The second-order valence-electron chi connectivity index (χ2n) is 11.5. The van der Waals surface area contributed by atoms with Gasteiger partial charge in [0.25, 0.3) is 5.91 Å². The van der Waals surface area contributed by atoms with Crippen LogP contribution < -0.4 is 10.2 Å². The van der Waals surface area contributed by atoms with E-state index in [1.54, 1.807) is 27.7 Å². The minimum atomic E-state index is -0.334. The average molecular weight is 544 g/mol. The molecule has 0 aromatic carbocycles. The average Bonchev–Trinajstić information content (AvgIpc) is 3.56. The van der Waals surface area contributed by atoms with E-state index < -0.39 is 0 Å². The molecule has 0 spiro atoms. The second kappa shape index (κ2) is 10.8. The van der Waals surface area contributed by atoms with E-state index in [1.807, 2.05) is 47.1 Å². The molecule has 5 rings (SSSR count). The molecule has 1 saturated heterocycles. The molecule has 0 radical (unpaired) electrons. The van der Waals surface area contributed by atoms with Gasteiger partial charge in [0.2, 0.25) is 5.95 Å². The molecular weight excluding hydrogens is 506 g/mol. The molecule has 0 unspecified atom stereocenters. The van der Waals surface area contributed by atoms with Gasteiger partial charge in [0.1, 0.15) is 11.5 Å². The number of nitrogens with one attached hydrogen (secondary N) is 1. The third kappa shape index (κ3) is 5.57. The third-order valence-corrected chi connectivity index (χ3v) is 7.26. The fraction of sp³-hybridized carbons (Fsp3) is 0.464. The van der Waals surface area contributed by atoms with Crippen LogP contribution in [-0.2, 0) is 12.5 Å². The van der Waals surface area contributed by atoms with Crippen molar-refractivity contribution in [3.05, 3.63) is 54.0 Å². The topological polar surface area (TPSA) is 123 Å². The highest BCUT2D eigenvalue weighted by Gasteiger charge is 2.24. The summed E-state index contributed by atoms with van der Waals surface area (Å²) < 4.78 is 3.43. The van der Waals surface area contributed by atoms with E-state index in [9.17, 15) is 4.79 Å². The number of aromatic nitrogens is 8. The summed E-state index contributed by atoms with van der Waals surface area (Å²) in [6.07, 6.45) is 7.07. The predicted molar refractivity (Wildman–Crippen MR) is 154 cm³/mol. The number of aryl methyl sites for hydroxylation is 1. The van der Waals surface area contributed by atoms with E-state index in [4.69, 9.17) is 0 Å². The molecule has 1 aliphatic heterocycles. The van der Waals surface area contributed by atoms with Crippen LogP contribution in [0.3, 0.4) is 0 Å². The van der Waals surface area contributed by atoms with Crippen LogP contribution in [-0.4, -0.2) is 82.8 Å². The number of hydrogen-bond acceptors (Lipinski definition) is 9. The zero-order chi connectivity index (χ0) is 28.6. The molecule has 40 heavy (non-hydrogen) atoms. The van der Waals surface area contributed by atoms with Gasteiger partial charge in [0.05, 0.1) is 35.0 Å². The standard InChI is InChI=1S/C28H37N11O/c1-18(2)37-8-10-38(11-9-37)22-12-20(14-29-16-22)23-17-39(35-32-23)24-13-21(15-30-19(24)3)25(40)31-27-34-33-26(36(27)7)28(4,5)6/h12-18H,8-11H2,1-7H3,(H,31,34,40). The Labute approximate surface area is 234 Å². The van der Waals surface area contributed by atoms with Gasteiger partial charge in [-0.3, -0.25) is 29.5 Å². The van der Waals surface area contributed by atoms with E-state index in [1.165, 1.54) is 0 Å². The number of hydrogen-bond donors (Lipinski definition) is 1.